The fourth-order valence-electron chi connectivity index (χ4n) is 2.68. The topological polar surface area (TPSA) is 39.1 Å². The average molecular weight is 251 g/mol. The second kappa shape index (κ2) is 6.34. The minimum atomic E-state index is 0.197. The highest BCUT2D eigenvalue weighted by molar-refractivity contribution is 5.07. The first-order valence-corrected chi connectivity index (χ1v) is 7.08. The van der Waals surface area contributed by atoms with Crippen molar-refractivity contribution >= 4 is 0 Å². The standard InChI is InChI=1S/C14H25N3O/c1-4-15-8-12-6-5-7-18-14(12)13-9-16-10-17(13)11(2)3/h9-12,14-15H,4-8H2,1-3H3. The van der Waals surface area contributed by atoms with Gasteiger partial charge in [0.05, 0.1) is 18.2 Å². The van der Waals surface area contributed by atoms with Crippen molar-refractivity contribution in [3.63, 3.8) is 0 Å². The van der Waals surface area contributed by atoms with Crippen molar-refractivity contribution < 1.29 is 4.74 Å². The highest BCUT2D eigenvalue weighted by Gasteiger charge is 2.29. The summed E-state index contributed by atoms with van der Waals surface area (Å²) in [7, 11) is 0. The smallest absolute Gasteiger partial charge is 0.103 e. The summed E-state index contributed by atoms with van der Waals surface area (Å²) < 4.78 is 8.25. The molecule has 0 bridgehead atoms. The van der Waals surface area contributed by atoms with Crippen LogP contribution < -0.4 is 5.32 Å². The van der Waals surface area contributed by atoms with Crippen molar-refractivity contribution in [3.05, 3.63) is 18.2 Å². The van der Waals surface area contributed by atoms with Crippen molar-refractivity contribution in [1.82, 2.24) is 14.9 Å². The van der Waals surface area contributed by atoms with Gasteiger partial charge in [-0.15, -0.1) is 0 Å². The Balaban J connectivity index is 2.14. The Labute approximate surface area is 110 Å². The van der Waals surface area contributed by atoms with E-state index < -0.39 is 0 Å². The molecule has 18 heavy (non-hydrogen) atoms. The van der Waals surface area contributed by atoms with Crippen LogP contribution in [0.25, 0.3) is 0 Å². The van der Waals surface area contributed by atoms with Gasteiger partial charge in [0.25, 0.3) is 0 Å². The third-order valence-corrected chi connectivity index (χ3v) is 3.65. The van der Waals surface area contributed by atoms with Gasteiger partial charge in [0.2, 0.25) is 0 Å². The summed E-state index contributed by atoms with van der Waals surface area (Å²) in [6.45, 7) is 9.45. The molecule has 2 atom stereocenters. The normalized spacial score (nSPS) is 24.7. The lowest BCUT2D eigenvalue weighted by molar-refractivity contribution is -0.0324. The number of rotatable bonds is 5. The number of imidazole rings is 1. The summed E-state index contributed by atoms with van der Waals surface area (Å²) >= 11 is 0. The Hall–Kier alpha value is -0.870. The Morgan fingerprint density at radius 1 is 1.56 bits per heavy atom. The molecule has 1 saturated heterocycles. The van der Waals surface area contributed by atoms with E-state index in [9.17, 15) is 0 Å². The maximum absolute atomic E-state index is 6.02. The second-order valence-corrected chi connectivity index (χ2v) is 5.32. The lowest BCUT2D eigenvalue weighted by Gasteiger charge is -2.33. The molecule has 0 aliphatic carbocycles. The number of nitrogens with one attached hydrogen (secondary N) is 1. The molecule has 1 fully saturated rings. The van der Waals surface area contributed by atoms with Crippen LogP contribution in [0, 0.1) is 5.92 Å². The van der Waals surface area contributed by atoms with Crippen molar-refractivity contribution in [2.24, 2.45) is 5.92 Å². The Morgan fingerprint density at radius 2 is 2.39 bits per heavy atom. The predicted molar refractivity (Wildman–Crippen MR) is 72.6 cm³/mol. The summed E-state index contributed by atoms with van der Waals surface area (Å²) in [5, 5.41) is 3.45. The number of nitrogens with zero attached hydrogens (tertiary/aromatic N) is 2. The molecule has 2 rings (SSSR count). The monoisotopic (exact) mass is 251 g/mol. The minimum absolute atomic E-state index is 0.197. The van der Waals surface area contributed by atoms with Gasteiger partial charge in [-0.2, -0.15) is 0 Å². The van der Waals surface area contributed by atoms with E-state index >= 15 is 0 Å². The summed E-state index contributed by atoms with van der Waals surface area (Å²) in [5.74, 6) is 0.563. The van der Waals surface area contributed by atoms with Crippen LogP contribution in [0.2, 0.25) is 0 Å². The quantitative estimate of drug-likeness (QED) is 0.874. The Kier molecular flexibility index (Phi) is 4.78. The first-order valence-electron chi connectivity index (χ1n) is 7.08. The van der Waals surface area contributed by atoms with E-state index in [0.717, 1.165) is 19.7 Å². The number of ether oxygens (including phenoxy) is 1. The van der Waals surface area contributed by atoms with Gasteiger partial charge in [-0.05, 0) is 33.2 Å². The summed E-state index contributed by atoms with van der Waals surface area (Å²) in [5.41, 5.74) is 1.23. The van der Waals surface area contributed by atoms with Crippen LogP contribution in [0.15, 0.2) is 12.5 Å². The van der Waals surface area contributed by atoms with E-state index in [2.05, 4.69) is 35.6 Å². The van der Waals surface area contributed by atoms with Gasteiger partial charge in [0.15, 0.2) is 0 Å². The van der Waals surface area contributed by atoms with Gasteiger partial charge < -0.3 is 14.6 Å². The third kappa shape index (κ3) is 2.93. The van der Waals surface area contributed by atoms with Gasteiger partial charge >= 0.3 is 0 Å². The molecule has 4 heteroatoms. The number of hydrogen-bond donors (Lipinski definition) is 1. The minimum Gasteiger partial charge on any atom is -0.372 e. The summed E-state index contributed by atoms with van der Waals surface area (Å²) in [4.78, 5) is 4.30. The molecular weight excluding hydrogens is 226 g/mol. The van der Waals surface area contributed by atoms with Crippen LogP contribution >= 0.6 is 0 Å². The lowest BCUT2D eigenvalue weighted by Crippen LogP contribution is -2.33. The van der Waals surface area contributed by atoms with E-state index in [1.807, 2.05) is 12.5 Å². The molecule has 1 aromatic rings. The fourth-order valence-corrected chi connectivity index (χ4v) is 2.68. The highest BCUT2D eigenvalue weighted by Crippen LogP contribution is 2.34. The van der Waals surface area contributed by atoms with Gasteiger partial charge in [0, 0.05) is 25.1 Å². The molecule has 1 aliphatic rings. The van der Waals surface area contributed by atoms with Gasteiger partial charge in [-0.1, -0.05) is 6.92 Å². The summed E-state index contributed by atoms with van der Waals surface area (Å²) in [6, 6.07) is 0.438. The average Bonchev–Trinajstić information content (AvgIpc) is 2.86. The Morgan fingerprint density at radius 3 is 3.11 bits per heavy atom. The second-order valence-electron chi connectivity index (χ2n) is 5.32. The van der Waals surface area contributed by atoms with Crippen LogP contribution in [-0.4, -0.2) is 29.2 Å². The molecule has 1 aromatic heterocycles. The molecule has 4 nitrogen and oxygen atoms in total. The highest BCUT2D eigenvalue weighted by atomic mass is 16.5. The van der Waals surface area contributed by atoms with Crippen LogP contribution in [-0.2, 0) is 4.74 Å². The van der Waals surface area contributed by atoms with Crippen molar-refractivity contribution in [3.8, 4) is 0 Å². The lowest BCUT2D eigenvalue weighted by atomic mass is 9.92. The zero-order valence-corrected chi connectivity index (χ0v) is 11.7. The zero-order valence-electron chi connectivity index (χ0n) is 11.7. The predicted octanol–water partition coefficient (Wildman–Crippen LogP) is 2.54. The first kappa shape index (κ1) is 13.6. The summed E-state index contributed by atoms with van der Waals surface area (Å²) in [6.07, 6.45) is 6.49. The molecule has 0 amide bonds. The van der Waals surface area contributed by atoms with Crippen LogP contribution in [0.3, 0.4) is 0 Å². The molecule has 0 radical (unpaired) electrons. The maximum atomic E-state index is 6.02. The molecule has 2 heterocycles. The number of aromatic nitrogens is 2. The first-order chi connectivity index (χ1) is 8.74. The molecule has 0 saturated carbocycles. The van der Waals surface area contributed by atoms with Crippen molar-refractivity contribution in [1.29, 1.82) is 0 Å². The molecule has 0 spiro atoms. The van der Waals surface area contributed by atoms with E-state index in [0.29, 0.717) is 12.0 Å². The fraction of sp³-hybridized carbons (Fsp3) is 0.786. The third-order valence-electron chi connectivity index (χ3n) is 3.65. The molecule has 1 N–H and O–H groups in total. The van der Waals surface area contributed by atoms with Crippen LogP contribution in [0.1, 0.15) is 51.5 Å². The molecule has 0 aromatic carbocycles. The van der Waals surface area contributed by atoms with Gasteiger partial charge in [-0.3, -0.25) is 0 Å². The Bertz CT molecular complexity index is 362. The van der Waals surface area contributed by atoms with E-state index in [1.165, 1.54) is 18.5 Å². The van der Waals surface area contributed by atoms with Crippen molar-refractivity contribution in [2.45, 2.75) is 45.8 Å². The van der Waals surface area contributed by atoms with E-state index in [1.54, 1.807) is 0 Å². The SMILES string of the molecule is CCNCC1CCCOC1c1cncn1C(C)C. The zero-order chi connectivity index (χ0) is 13.0. The molecular formula is C14H25N3O. The van der Waals surface area contributed by atoms with Crippen LogP contribution in [0.5, 0.6) is 0 Å². The van der Waals surface area contributed by atoms with E-state index in [4.69, 9.17) is 4.74 Å². The van der Waals surface area contributed by atoms with E-state index in [-0.39, 0.29) is 6.10 Å². The number of hydrogen-bond acceptors (Lipinski definition) is 3. The van der Waals surface area contributed by atoms with Crippen molar-refractivity contribution in [2.75, 3.05) is 19.7 Å². The largest absolute Gasteiger partial charge is 0.372 e. The molecule has 1 aliphatic heterocycles. The molecule has 102 valence electrons. The van der Waals surface area contributed by atoms with Gasteiger partial charge in [0.1, 0.15) is 6.10 Å². The van der Waals surface area contributed by atoms with Gasteiger partial charge in [-0.25, -0.2) is 4.98 Å². The maximum Gasteiger partial charge on any atom is 0.103 e. The molecule has 2 unspecified atom stereocenters. The van der Waals surface area contributed by atoms with Crippen LogP contribution in [0.4, 0.5) is 0 Å².